The highest BCUT2D eigenvalue weighted by atomic mass is 79.9. The minimum Gasteiger partial charge on any atom is -0.326 e. The zero-order valence-electron chi connectivity index (χ0n) is 13.1. The molecule has 0 saturated carbocycles. The molecule has 0 atom stereocenters. The standard InChI is InChI=1S/C18H16BrN3O2/c1-12-2-7-16-15(10-12)18(24)22(11-20-16)9-8-17(23)21-14-5-3-13(19)4-6-14/h2-7,10-11H,8-9H2,1H3,(H,21,23). The van der Waals surface area contributed by atoms with Crippen molar-refractivity contribution in [3.8, 4) is 0 Å². The Bertz CT molecular complexity index is 949. The number of halogens is 1. The number of nitrogens with one attached hydrogen (secondary N) is 1. The van der Waals surface area contributed by atoms with Gasteiger partial charge in [0.15, 0.2) is 0 Å². The first kappa shape index (κ1) is 16.4. The smallest absolute Gasteiger partial charge is 0.261 e. The van der Waals surface area contributed by atoms with Crippen molar-refractivity contribution >= 4 is 38.4 Å². The molecule has 2 aromatic carbocycles. The molecule has 1 N–H and O–H groups in total. The fourth-order valence-corrected chi connectivity index (χ4v) is 2.68. The number of aromatic nitrogens is 2. The van der Waals surface area contributed by atoms with Gasteiger partial charge in [0.05, 0.1) is 17.2 Å². The summed E-state index contributed by atoms with van der Waals surface area (Å²) in [6, 6.07) is 12.9. The van der Waals surface area contributed by atoms with Crippen molar-refractivity contribution in [3.05, 3.63) is 69.2 Å². The fraction of sp³-hybridized carbons (Fsp3) is 0.167. The van der Waals surface area contributed by atoms with Gasteiger partial charge in [-0.05, 0) is 43.3 Å². The topological polar surface area (TPSA) is 64.0 Å². The SMILES string of the molecule is Cc1ccc2ncn(CCC(=O)Nc3ccc(Br)cc3)c(=O)c2c1. The van der Waals surface area contributed by atoms with Gasteiger partial charge in [-0.1, -0.05) is 27.6 Å². The first-order chi connectivity index (χ1) is 11.5. The molecular formula is C18H16BrN3O2. The molecule has 5 nitrogen and oxygen atoms in total. The second-order valence-electron chi connectivity index (χ2n) is 5.57. The van der Waals surface area contributed by atoms with Crippen LogP contribution >= 0.6 is 15.9 Å². The van der Waals surface area contributed by atoms with E-state index in [1.165, 1.54) is 10.9 Å². The Kier molecular flexibility index (Phi) is 4.76. The van der Waals surface area contributed by atoms with Gasteiger partial charge in [0.25, 0.3) is 5.56 Å². The van der Waals surface area contributed by atoms with Crippen LogP contribution in [0.4, 0.5) is 5.69 Å². The largest absolute Gasteiger partial charge is 0.326 e. The van der Waals surface area contributed by atoms with Crippen molar-refractivity contribution in [1.82, 2.24) is 9.55 Å². The van der Waals surface area contributed by atoms with Crippen molar-refractivity contribution in [2.75, 3.05) is 5.32 Å². The van der Waals surface area contributed by atoms with E-state index in [0.717, 1.165) is 15.7 Å². The Labute approximate surface area is 147 Å². The Hall–Kier alpha value is -2.47. The van der Waals surface area contributed by atoms with E-state index >= 15 is 0 Å². The summed E-state index contributed by atoms with van der Waals surface area (Å²) >= 11 is 3.35. The summed E-state index contributed by atoms with van der Waals surface area (Å²) in [4.78, 5) is 28.8. The average molecular weight is 386 g/mol. The van der Waals surface area contributed by atoms with Crippen LogP contribution in [0.25, 0.3) is 10.9 Å². The molecule has 0 aliphatic carbocycles. The minimum absolute atomic E-state index is 0.125. The van der Waals surface area contributed by atoms with E-state index in [9.17, 15) is 9.59 Å². The van der Waals surface area contributed by atoms with Crippen LogP contribution < -0.4 is 10.9 Å². The number of benzene rings is 2. The van der Waals surface area contributed by atoms with Gasteiger partial charge >= 0.3 is 0 Å². The van der Waals surface area contributed by atoms with Gasteiger partial charge in [0.2, 0.25) is 5.91 Å². The summed E-state index contributed by atoms with van der Waals surface area (Å²) in [5.41, 5.74) is 2.27. The molecule has 0 spiro atoms. The summed E-state index contributed by atoms with van der Waals surface area (Å²) in [5.74, 6) is -0.145. The molecule has 0 fully saturated rings. The summed E-state index contributed by atoms with van der Waals surface area (Å²) in [6.07, 6.45) is 1.70. The summed E-state index contributed by atoms with van der Waals surface area (Å²) < 4.78 is 2.42. The van der Waals surface area contributed by atoms with Gasteiger partial charge in [-0.3, -0.25) is 14.2 Å². The van der Waals surface area contributed by atoms with Crippen molar-refractivity contribution in [1.29, 1.82) is 0 Å². The van der Waals surface area contributed by atoms with Crippen LogP contribution in [0.1, 0.15) is 12.0 Å². The normalized spacial score (nSPS) is 10.8. The lowest BCUT2D eigenvalue weighted by Gasteiger charge is -2.08. The summed E-state index contributed by atoms with van der Waals surface area (Å²) in [6.45, 7) is 2.22. The predicted molar refractivity (Wildman–Crippen MR) is 98.1 cm³/mol. The first-order valence-electron chi connectivity index (χ1n) is 7.54. The van der Waals surface area contributed by atoms with Gasteiger partial charge in [0, 0.05) is 23.1 Å². The van der Waals surface area contributed by atoms with Crippen molar-refractivity contribution < 1.29 is 4.79 Å². The molecular weight excluding hydrogens is 370 g/mol. The molecule has 3 aromatic rings. The molecule has 0 unspecified atom stereocenters. The number of aryl methyl sites for hydroxylation is 2. The monoisotopic (exact) mass is 385 g/mol. The maximum absolute atomic E-state index is 12.5. The molecule has 122 valence electrons. The molecule has 0 aliphatic heterocycles. The third-order valence-electron chi connectivity index (χ3n) is 3.69. The molecule has 0 aliphatic rings. The molecule has 6 heteroatoms. The molecule has 0 radical (unpaired) electrons. The van der Waals surface area contributed by atoms with Crippen LogP contribution in [0.3, 0.4) is 0 Å². The maximum Gasteiger partial charge on any atom is 0.261 e. The number of rotatable bonds is 4. The molecule has 1 amide bonds. The van der Waals surface area contributed by atoms with Gasteiger partial charge in [-0.2, -0.15) is 0 Å². The number of hydrogen-bond acceptors (Lipinski definition) is 3. The summed E-state index contributed by atoms with van der Waals surface area (Å²) in [7, 11) is 0. The minimum atomic E-state index is -0.145. The van der Waals surface area contributed by atoms with Gasteiger partial charge in [-0.15, -0.1) is 0 Å². The number of fused-ring (bicyclic) bond motifs is 1. The Morgan fingerprint density at radius 3 is 2.71 bits per heavy atom. The number of amides is 1. The van der Waals surface area contributed by atoms with Crippen molar-refractivity contribution in [2.24, 2.45) is 0 Å². The second-order valence-corrected chi connectivity index (χ2v) is 6.48. The quantitative estimate of drug-likeness (QED) is 0.747. The summed E-state index contributed by atoms with van der Waals surface area (Å²) in [5, 5.41) is 3.38. The Morgan fingerprint density at radius 2 is 1.96 bits per heavy atom. The van der Waals surface area contributed by atoms with Crippen molar-refractivity contribution in [2.45, 2.75) is 19.9 Å². The third-order valence-corrected chi connectivity index (χ3v) is 4.22. The van der Waals surface area contributed by atoms with Gasteiger partial charge in [0.1, 0.15) is 0 Å². The number of carbonyl (C=O) groups is 1. The molecule has 1 heterocycles. The van der Waals surface area contributed by atoms with E-state index in [-0.39, 0.29) is 24.4 Å². The zero-order chi connectivity index (χ0) is 17.1. The van der Waals surface area contributed by atoms with Crippen LogP contribution in [-0.2, 0) is 11.3 Å². The molecule has 24 heavy (non-hydrogen) atoms. The number of hydrogen-bond donors (Lipinski definition) is 1. The van der Waals surface area contributed by atoms with E-state index in [2.05, 4.69) is 26.2 Å². The fourth-order valence-electron chi connectivity index (χ4n) is 2.41. The number of anilines is 1. The number of nitrogens with zero attached hydrogens (tertiary/aromatic N) is 2. The van der Waals surface area contributed by atoms with Crippen molar-refractivity contribution in [3.63, 3.8) is 0 Å². The molecule has 0 bridgehead atoms. The van der Waals surface area contributed by atoms with Gasteiger partial charge < -0.3 is 5.32 Å². The lowest BCUT2D eigenvalue weighted by molar-refractivity contribution is -0.116. The molecule has 3 rings (SSSR count). The van der Waals surface area contributed by atoms with E-state index < -0.39 is 0 Å². The van der Waals surface area contributed by atoms with Crippen LogP contribution in [0, 0.1) is 6.92 Å². The van der Waals surface area contributed by atoms with E-state index in [1.54, 1.807) is 0 Å². The lowest BCUT2D eigenvalue weighted by atomic mass is 10.2. The third kappa shape index (κ3) is 3.71. The van der Waals surface area contributed by atoms with Crippen LogP contribution in [0.5, 0.6) is 0 Å². The first-order valence-corrected chi connectivity index (χ1v) is 8.33. The highest BCUT2D eigenvalue weighted by molar-refractivity contribution is 9.10. The highest BCUT2D eigenvalue weighted by Gasteiger charge is 2.07. The maximum atomic E-state index is 12.5. The highest BCUT2D eigenvalue weighted by Crippen LogP contribution is 2.14. The Morgan fingerprint density at radius 1 is 1.21 bits per heavy atom. The van der Waals surface area contributed by atoms with E-state index in [0.29, 0.717) is 10.9 Å². The van der Waals surface area contributed by atoms with Gasteiger partial charge in [-0.25, -0.2) is 4.98 Å². The van der Waals surface area contributed by atoms with Crippen LogP contribution in [-0.4, -0.2) is 15.5 Å². The van der Waals surface area contributed by atoms with E-state index in [1.807, 2.05) is 49.4 Å². The molecule has 0 saturated heterocycles. The lowest BCUT2D eigenvalue weighted by Crippen LogP contribution is -2.23. The number of carbonyl (C=O) groups excluding carboxylic acids is 1. The molecule has 1 aromatic heterocycles. The van der Waals surface area contributed by atoms with Crippen LogP contribution in [0.15, 0.2) is 58.1 Å². The average Bonchev–Trinajstić information content (AvgIpc) is 2.57. The Balaban J connectivity index is 1.71. The van der Waals surface area contributed by atoms with Crippen LogP contribution in [0.2, 0.25) is 0 Å². The van der Waals surface area contributed by atoms with E-state index in [4.69, 9.17) is 0 Å². The predicted octanol–water partition coefficient (Wildman–Crippen LogP) is 3.50. The zero-order valence-corrected chi connectivity index (χ0v) is 14.7. The second kappa shape index (κ2) is 6.97.